The normalized spacial score (nSPS) is 24.1. The van der Waals surface area contributed by atoms with Gasteiger partial charge in [0.2, 0.25) is 0 Å². The van der Waals surface area contributed by atoms with Gasteiger partial charge in [-0.05, 0) is 38.0 Å². The summed E-state index contributed by atoms with van der Waals surface area (Å²) >= 11 is 0. The lowest BCUT2D eigenvalue weighted by atomic mass is 9.87. The molecule has 3 atom stereocenters. The van der Waals surface area contributed by atoms with Crippen LogP contribution in [0.25, 0.3) is 0 Å². The second-order valence-electron chi connectivity index (χ2n) is 7.06. The lowest BCUT2D eigenvalue weighted by molar-refractivity contribution is -0.137. The zero-order valence-corrected chi connectivity index (χ0v) is 15.1. The molecule has 1 saturated carbocycles. The third kappa shape index (κ3) is 8.09. The second-order valence-corrected chi connectivity index (χ2v) is 7.06. The summed E-state index contributed by atoms with van der Waals surface area (Å²) in [5.74, 6) is -0.927. The maximum absolute atomic E-state index is 12.0. The molecule has 1 rings (SSSR count). The van der Waals surface area contributed by atoms with Crippen LogP contribution in [-0.4, -0.2) is 28.1 Å². The van der Waals surface area contributed by atoms with E-state index in [1.165, 1.54) is 38.5 Å². The van der Waals surface area contributed by atoms with Gasteiger partial charge in [0.25, 0.3) is 0 Å². The number of aliphatic hydroxyl groups is 1. The highest BCUT2D eigenvalue weighted by atomic mass is 16.4. The van der Waals surface area contributed by atoms with Crippen LogP contribution in [0.15, 0.2) is 12.2 Å². The Balaban J connectivity index is 2.25. The summed E-state index contributed by atoms with van der Waals surface area (Å²) in [6.45, 7) is 2.22. The minimum atomic E-state index is -0.823. The average molecular weight is 338 g/mol. The number of unbranched alkanes of at least 4 members (excludes halogenated alkanes) is 6. The van der Waals surface area contributed by atoms with Crippen molar-refractivity contribution in [3.05, 3.63) is 12.2 Å². The number of carbonyl (C=O) groups is 2. The van der Waals surface area contributed by atoms with Crippen LogP contribution in [0.1, 0.15) is 84.0 Å². The molecule has 4 heteroatoms. The molecule has 0 amide bonds. The highest BCUT2D eigenvalue weighted by Gasteiger charge is 2.40. The molecule has 2 N–H and O–H groups in total. The summed E-state index contributed by atoms with van der Waals surface area (Å²) in [6.07, 6.45) is 14.6. The number of carboxylic acids is 1. The van der Waals surface area contributed by atoms with Crippen LogP contribution >= 0.6 is 0 Å². The first-order valence-electron chi connectivity index (χ1n) is 9.63. The first-order chi connectivity index (χ1) is 11.6. The van der Waals surface area contributed by atoms with Gasteiger partial charge in [0.15, 0.2) is 0 Å². The first kappa shape index (κ1) is 20.9. The van der Waals surface area contributed by atoms with Crippen LogP contribution in [0.4, 0.5) is 0 Å². The van der Waals surface area contributed by atoms with Crippen molar-refractivity contribution in [2.45, 2.75) is 90.1 Å². The molecule has 0 saturated heterocycles. The van der Waals surface area contributed by atoms with Crippen molar-refractivity contribution in [3.8, 4) is 0 Å². The van der Waals surface area contributed by atoms with E-state index in [1.807, 2.05) is 0 Å². The van der Waals surface area contributed by atoms with E-state index in [1.54, 1.807) is 0 Å². The van der Waals surface area contributed by atoms with Crippen molar-refractivity contribution in [1.82, 2.24) is 0 Å². The van der Waals surface area contributed by atoms with Crippen molar-refractivity contribution in [1.29, 1.82) is 0 Å². The van der Waals surface area contributed by atoms with Gasteiger partial charge in [0, 0.05) is 18.8 Å². The van der Waals surface area contributed by atoms with Crippen molar-refractivity contribution in [2.75, 3.05) is 0 Å². The fourth-order valence-corrected chi connectivity index (χ4v) is 3.60. The molecule has 0 aromatic heterocycles. The number of hydrogen-bond donors (Lipinski definition) is 2. The molecule has 24 heavy (non-hydrogen) atoms. The molecule has 3 unspecified atom stereocenters. The van der Waals surface area contributed by atoms with Crippen LogP contribution < -0.4 is 0 Å². The summed E-state index contributed by atoms with van der Waals surface area (Å²) < 4.78 is 0. The van der Waals surface area contributed by atoms with Crippen LogP contribution in [0.5, 0.6) is 0 Å². The largest absolute Gasteiger partial charge is 0.481 e. The third-order valence-corrected chi connectivity index (χ3v) is 5.04. The zero-order chi connectivity index (χ0) is 17.8. The Labute approximate surface area is 146 Å². The molecular formula is C20H34O4. The fraction of sp³-hybridized carbons (Fsp3) is 0.800. The topological polar surface area (TPSA) is 74.6 Å². The summed E-state index contributed by atoms with van der Waals surface area (Å²) in [7, 11) is 0. The maximum atomic E-state index is 12.0. The quantitative estimate of drug-likeness (QED) is 0.383. The number of ketones is 1. The Bertz CT molecular complexity index is 402. The van der Waals surface area contributed by atoms with Gasteiger partial charge in [0.1, 0.15) is 5.78 Å². The van der Waals surface area contributed by atoms with Gasteiger partial charge in [-0.3, -0.25) is 9.59 Å². The van der Waals surface area contributed by atoms with Crippen molar-refractivity contribution in [2.24, 2.45) is 11.8 Å². The SMILES string of the molecule is CCCCCCCCC=CCC1C(O)CC(=O)C1CCCC(=O)O. The molecule has 0 radical (unpaired) electrons. The van der Waals surface area contributed by atoms with Gasteiger partial charge in [0.05, 0.1) is 6.10 Å². The number of Topliss-reactive ketones (excluding diaryl/α,β-unsaturated/α-hetero) is 1. The van der Waals surface area contributed by atoms with Gasteiger partial charge in [-0.25, -0.2) is 0 Å². The van der Waals surface area contributed by atoms with Gasteiger partial charge in [-0.15, -0.1) is 0 Å². The molecule has 0 heterocycles. The van der Waals surface area contributed by atoms with E-state index in [9.17, 15) is 14.7 Å². The standard InChI is InChI=1S/C20H34O4/c1-2-3-4-5-6-7-8-9-10-12-16-17(13-11-14-20(23)24)19(22)15-18(16)21/h9-10,16-18,21H,2-8,11-15H2,1H3,(H,23,24). The smallest absolute Gasteiger partial charge is 0.303 e. The van der Waals surface area contributed by atoms with Crippen LogP contribution in [0.2, 0.25) is 0 Å². The number of aliphatic carboxylic acids is 1. The number of rotatable bonds is 13. The Morgan fingerprint density at radius 2 is 1.83 bits per heavy atom. The highest BCUT2D eigenvalue weighted by Crippen LogP contribution is 2.35. The van der Waals surface area contributed by atoms with Crippen molar-refractivity contribution < 1.29 is 19.8 Å². The van der Waals surface area contributed by atoms with Crippen molar-refractivity contribution >= 4 is 11.8 Å². The van der Waals surface area contributed by atoms with E-state index < -0.39 is 12.1 Å². The predicted octanol–water partition coefficient (Wildman–Crippen LogP) is 4.50. The molecule has 0 aliphatic heterocycles. The van der Waals surface area contributed by atoms with Crippen LogP contribution in [0, 0.1) is 11.8 Å². The molecule has 138 valence electrons. The van der Waals surface area contributed by atoms with E-state index in [0.717, 1.165) is 12.8 Å². The molecule has 0 aromatic rings. The molecular weight excluding hydrogens is 304 g/mol. The number of hydrogen-bond acceptors (Lipinski definition) is 3. The average Bonchev–Trinajstić information content (AvgIpc) is 2.79. The Morgan fingerprint density at radius 3 is 2.54 bits per heavy atom. The molecule has 1 aliphatic rings. The summed E-state index contributed by atoms with van der Waals surface area (Å²) in [4.78, 5) is 22.6. The molecule has 4 nitrogen and oxygen atoms in total. The highest BCUT2D eigenvalue weighted by molar-refractivity contribution is 5.84. The molecule has 1 fully saturated rings. The van der Waals surface area contributed by atoms with Gasteiger partial charge >= 0.3 is 5.97 Å². The molecule has 1 aliphatic carbocycles. The molecule has 0 aromatic carbocycles. The molecule has 0 bridgehead atoms. The van der Waals surface area contributed by atoms with E-state index in [-0.39, 0.29) is 30.5 Å². The minimum absolute atomic E-state index is 0.0351. The Morgan fingerprint density at radius 1 is 1.12 bits per heavy atom. The van der Waals surface area contributed by atoms with Gasteiger partial charge in [-0.1, -0.05) is 51.2 Å². The minimum Gasteiger partial charge on any atom is -0.481 e. The predicted molar refractivity (Wildman–Crippen MR) is 95.8 cm³/mol. The van der Waals surface area contributed by atoms with E-state index in [4.69, 9.17) is 5.11 Å². The Hall–Kier alpha value is -1.16. The zero-order valence-electron chi connectivity index (χ0n) is 15.1. The van der Waals surface area contributed by atoms with Crippen LogP contribution in [0.3, 0.4) is 0 Å². The summed E-state index contributed by atoms with van der Waals surface area (Å²) in [5.41, 5.74) is 0. The summed E-state index contributed by atoms with van der Waals surface area (Å²) in [6, 6.07) is 0. The van der Waals surface area contributed by atoms with Gasteiger partial charge in [-0.2, -0.15) is 0 Å². The first-order valence-corrected chi connectivity index (χ1v) is 9.63. The lowest BCUT2D eigenvalue weighted by Gasteiger charge is -2.19. The molecule has 0 spiro atoms. The number of carbonyl (C=O) groups excluding carboxylic acids is 1. The third-order valence-electron chi connectivity index (χ3n) is 5.04. The Kier molecular flexibility index (Phi) is 10.6. The number of aliphatic hydroxyl groups excluding tert-OH is 1. The number of allylic oxidation sites excluding steroid dienone is 2. The maximum Gasteiger partial charge on any atom is 0.303 e. The van der Waals surface area contributed by atoms with Crippen LogP contribution in [-0.2, 0) is 9.59 Å². The lowest BCUT2D eigenvalue weighted by Crippen LogP contribution is -2.20. The van der Waals surface area contributed by atoms with E-state index in [0.29, 0.717) is 12.8 Å². The number of carboxylic acid groups (broad SMARTS) is 1. The second kappa shape index (κ2) is 12.2. The summed E-state index contributed by atoms with van der Waals surface area (Å²) in [5, 5.41) is 18.8. The fourth-order valence-electron chi connectivity index (χ4n) is 3.60. The van der Waals surface area contributed by atoms with E-state index in [2.05, 4.69) is 19.1 Å². The van der Waals surface area contributed by atoms with Gasteiger partial charge < -0.3 is 10.2 Å². The van der Waals surface area contributed by atoms with E-state index >= 15 is 0 Å². The van der Waals surface area contributed by atoms with Crippen molar-refractivity contribution in [3.63, 3.8) is 0 Å². The monoisotopic (exact) mass is 338 g/mol.